The molecule has 2 fully saturated rings. The zero-order chi connectivity index (χ0) is 22.1. The summed E-state index contributed by atoms with van der Waals surface area (Å²) in [7, 11) is 1.94. The van der Waals surface area contributed by atoms with Gasteiger partial charge >= 0.3 is 6.01 Å². The van der Waals surface area contributed by atoms with E-state index in [1.165, 1.54) is 19.3 Å². The summed E-state index contributed by atoms with van der Waals surface area (Å²) in [6.45, 7) is 7.95. The molecular formula is C23H31N7O2. The van der Waals surface area contributed by atoms with E-state index in [4.69, 9.17) is 4.52 Å². The second-order valence-electron chi connectivity index (χ2n) is 8.86. The summed E-state index contributed by atoms with van der Waals surface area (Å²) in [5.74, 6) is 0.821. The number of amides is 1. The van der Waals surface area contributed by atoms with Crippen LogP contribution in [0.25, 0.3) is 22.3 Å². The molecular weight excluding hydrogens is 406 g/mol. The number of rotatable bonds is 5. The van der Waals surface area contributed by atoms with Crippen molar-refractivity contribution in [1.82, 2.24) is 29.7 Å². The molecule has 9 nitrogen and oxygen atoms in total. The Bertz CT molecular complexity index is 1090. The van der Waals surface area contributed by atoms with Crippen LogP contribution in [-0.4, -0.2) is 81.4 Å². The number of fused-ring (bicyclic) bond motifs is 1. The minimum absolute atomic E-state index is 0.251. The lowest BCUT2D eigenvalue weighted by Gasteiger charge is -2.34. The Labute approximate surface area is 188 Å². The van der Waals surface area contributed by atoms with E-state index in [0.29, 0.717) is 44.4 Å². The molecule has 0 saturated carbocycles. The van der Waals surface area contributed by atoms with Gasteiger partial charge in [0.05, 0.1) is 11.2 Å². The average Bonchev–Trinajstić information content (AvgIpc) is 3.43. The van der Waals surface area contributed by atoms with E-state index in [-0.39, 0.29) is 5.91 Å². The van der Waals surface area contributed by atoms with Crippen LogP contribution in [0.3, 0.4) is 0 Å². The Kier molecular flexibility index (Phi) is 5.82. The third-order valence-electron chi connectivity index (χ3n) is 6.70. The monoisotopic (exact) mass is 437 g/mol. The van der Waals surface area contributed by atoms with Gasteiger partial charge in [0.1, 0.15) is 0 Å². The summed E-state index contributed by atoms with van der Waals surface area (Å²) in [5, 5.41) is 9.80. The summed E-state index contributed by atoms with van der Waals surface area (Å²) in [6, 6.07) is 6.62. The molecule has 2 aromatic heterocycles. The van der Waals surface area contributed by atoms with Crippen LogP contribution in [0.4, 0.5) is 6.01 Å². The molecule has 1 amide bonds. The first-order chi connectivity index (χ1) is 15.6. The molecule has 1 aromatic carbocycles. The number of likely N-dealkylation sites (tertiary alicyclic amines) is 1. The minimum Gasteiger partial charge on any atom is -0.339 e. The van der Waals surface area contributed by atoms with Gasteiger partial charge in [-0.15, -0.1) is 0 Å². The van der Waals surface area contributed by atoms with Crippen LogP contribution in [0.15, 0.2) is 22.7 Å². The van der Waals surface area contributed by atoms with Crippen molar-refractivity contribution in [1.29, 1.82) is 0 Å². The Morgan fingerprint density at radius 3 is 2.62 bits per heavy atom. The van der Waals surface area contributed by atoms with Crippen LogP contribution < -0.4 is 4.90 Å². The Hall–Kier alpha value is -2.94. The fourth-order valence-electron chi connectivity index (χ4n) is 4.78. The maximum Gasteiger partial charge on any atom is 0.324 e. The van der Waals surface area contributed by atoms with E-state index in [1.807, 2.05) is 35.7 Å². The maximum atomic E-state index is 12.6. The van der Waals surface area contributed by atoms with E-state index < -0.39 is 0 Å². The van der Waals surface area contributed by atoms with Gasteiger partial charge in [-0.05, 0) is 38.9 Å². The first-order valence-corrected chi connectivity index (χ1v) is 11.6. The normalized spacial score (nSPS) is 17.9. The highest BCUT2D eigenvalue weighted by Gasteiger charge is 2.25. The molecule has 2 aliphatic heterocycles. The van der Waals surface area contributed by atoms with Gasteiger partial charge in [0, 0.05) is 57.1 Å². The molecule has 0 aliphatic carbocycles. The van der Waals surface area contributed by atoms with Crippen LogP contribution in [0.1, 0.15) is 31.4 Å². The Morgan fingerprint density at radius 2 is 1.84 bits per heavy atom. The number of benzene rings is 1. The molecule has 2 aliphatic rings. The first kappa shape index (κ1) is 20.9. The quantitative estimate of drug-likeness (QED) is 0.606. The smallest absolute Gasteiger partial charge is 0.324 e. The largest absolute Gasteiger partial charge is 0.339 e. The predicted molar refractivity (Wildman–Crippen MR) is 122 cm³/mol. The molecule has 9 heteroatoms. The van der Waals surface area contributed by atoms with Crippen LogP contribution >= 0.6 is 0 Å². The molecule has 0 unspecified atom stereocenters. The molecule has 0 bridgehead atoms. The standard InChI is InChI=1S/C23H31N7O2/c1-17-19-7-6-18(16-20(19)27(2)25-17)22-24-23(32-26-22)30-14-12-29(13-15-30)21(31)8-11-28-9-4-3-5-10-28/h6-7,16H,3-5,8-15H2,1-2H3. The van der Waals surface area contributed by atoms with Crippen molar-refractivity contribution >= 4 is 22.8 Å². The highest BCUT2D eigenvalue weighted by molar-refractivity contribution is 5.85. The number of hydrogen-bond acceptors (Lipinski definition) is 7. The van der Waals surface area contributed by atoms with Gasteiger partial charge in [-0.3, -0.25) is 9.48 Å². The molecule has 0 radical (unpaired) electrons. The highest BCUT2D eigenvalue weighted by atomic mass is 16.5. The van der Waals surface area contributed by atoms with Crippen molar-refractivity contribution in [3.05, 3.63) is 23.9 Å². The minimum atomic E-state index is 0.251. The van der Waals surface area contributed by atoms with E-state index in [9.17, 15) is 4.79 Å². The summed E-state index contributed by atoms with van der Waals surface area (Å²) >= 11 is 0. The number of piperidine rings is 1. The van der Waals surface area contributed by atoms with Gasteiger partial charge in [-0.2, -0.15) is 10.1 Å². The topological polar surface area (TPSA) is 83.5 Å². The maximum absolute atomic E-state index is 12.6. The number of piperazine rings is 1. The van der Waals surface area contributed by atoms with Crippen LogP contribution in [0.5, 0.6) is 0 Å². The molecule has 170 valence electrons. The number of carbonyl (C=O) groups is 1. The van der Waals surface area contributed by atoms with Gasteiger partial charge in [-0.25, -0.2) is 0 Å². The Balaban J connectivity index is 1.18. The first-order valence-electron chi connectivity index (χ1n) is 11.6. The molecule has 0 spiro atoms. The van der Waals surface area contributed by atoms with E-state index in [2.05, 4.69) is 31.1 Å². The molecule has 4 heterocycles. The third kappa shape index (κ3) is 4.21. The van der Waals surface area contributed by atoms with E-state index >= 15 is 0 Å². The summed E-state index contributed by atoms with van der Waals surface area (Å²) in [6.07, 6.45) is 4.45. The average molecular weight is 438 g/mol. The van der Waals surface area contributed by atoms with E-state index in [0.717, 1.165) is 41.8 Å². The fourth-order valence-corrected chi connectivity index (χ4v) is 4.78. The number of aromatic nitrogens is 4. The number of nitrogens with zero attached hydrogens (tertiary/aromatic N) is 7. The molecule has 0 atom stereocenters. The second kappa shape index (κ2) is 8.90. The summed E-state index contributed by atoms with van der Waals surface area (Å²) in [5.41, 5.74) is 2.95. The van der Waals surface area contributed by atoms with Gasteiger partial charge in [-0.1, -0.05) is 23.7 Å². The van der Waals surface area contributed by atoms with Crippen molar-refractivity contribution < 1.29 is 9.32 Å². The summed E-state index contributed by atoms with van der Waals surface area (Å²) in [4.78, 5) is 23.7. The third-order valence-corrected chi connectivity index (χ3v) is 6.70. The second-order valence-corrected chi connectivity index (χ2v) is 8.86. The van der Waals surface area contributed by atoms with Crippen LogP contribution in [-0.2, 0) is 11.8 Å². The van der Waals surface area contributed by atoms with Crippen LogP contribution in [0.2, 0.25) is 0 Å². The van der Waals surface area contributed by atoms with Crippen molar-refractivity contribution in [2.24, 2.45) is 7.05 Å². The van der Waals surface area contributed by atoms with Gasteiger partial charge in [0.2, 0.25) is 11.7 Å². The van der Waals surface area contributed by atoms with Gasteiger partial charge in [0.15, 0.2) is 0 Å². The lowest BCUT2D eigenvalue weighted by atomic mass is 10.1. The molecule has 3 aromatic rings. The zero-order valence-electron chi connectivity index (χ0n) is 19.0. The number of hydrogen-bond donors (Lipinski definition) is 0. The zero-order valence-corrected chi connectivity index (χ0v) is 19.0. The predicted octanol–water partition coefficient (Wildman–Crippen LogP) is 2.46. The summed E-state index contributed by atoms with van der Waals surface area (Å²) < 4.78 is 7.43. The SMILES string of the molecule is Cc1nn(C)c2cc(-c3noc(N4CCN(C(=O)CCN5CCCCC5)CC4)n3)ccc12. The molecule has 5 rings (SSSR count). The number of aryl methyl sites for hydroxylation is 2. The Morgan fingerprint density at radius 1 is 1.06 bits per heavy atom. The molecule has 0 N–H and O–H groups in total. The number of carbonyl (C=O) groups excluding carboxylic acids is 1. The number of anilines is 1. The lowest BCUT2D eigenvalue weighted by molar-refractivity contribution is -0.131. The van der Waals surface area contributed by atoms with Crippen LogP contribution in [0, 0.1) is 6.92 Å². The van der Waals surface area contributed by atoms with Crippen molar-refractivity contribution in [3.8, 4) is 11.4 Å². The van der Waals surface area contributed by atoms with Gasteiger partial charge < -0.3 is 19.2 Å². The van der Waals surface area contributed by atoms with E-state index in [1.54, 1.807) is 0 Å². The van der Waals surface area contributed by atoms with Crippen molar-refractivity contribution in [3.63, 3.8) is 0 Å². The van der Waals surface area contributed by atoms with Gasteiger partial charge in [0.25, 0.3) is 0 Å². The van der Waals surface area contributed by atoms with Crippen molar-refractivity contribution in [2.45, 2.75) is 32.6 Å². The lowest BCUT2D eigenvalue weighted by Crippen LogP contribution is -2.49. The highest BCUT2D eigenvalue weighted by Crippen LogP contribution is 2.26. The molecule has 32 heavy (non-hydrogen) atoms. The molecule has 2 saturated heterocycles. The van der Waals surface area contributed by atoms with Crippen molar-refractivity contribution in [2.75, 3.05) is 50.7 Å². The fraction of sp³-hybridized carbons (Fsp3) is 0.565.